The van der Waals surface area contributed by atoms with E-state index >= 15 is 0 Å². The van der Waals surface area contributed by atoms with Gasteiger partial charge in [-0.25, -0.2) is 0 Å². The van der Waals surface area contributed by atoms with Crippen molar-refractivity contribution in [1.29, 1.82) is 0 Å². The minimum atomic E-state index is -0.450. The Morgan fingerprint density at radius 1 is 1.62 bits per heavy atom. The fourth-order valence-corrected chi connectivity index (χ4v) is 2.40. The van der Waals surface area contributed by atoms with Crippen molar-refractivity contribution in [3.63, 3.8) is 0 Å². The Labute approximate surface area is 100 Å². The molecule has 1 nitrogen and oxygen atoms in total. The number of aliphatic hydroxyl groups is 1. The van der Waals surface area contributed by atoms with E-state index < -0.39 is 5.60 Å². The van der Waals surface area contributed by atoms with Gasteiger partial charge < -0.3 is 5.11 Å². The average molecular weight is 222 g/mol. The predicted molar refractivity (Wildman–Crippen MR) is 70.4 cm³/mol. The van der Waals surface area contributed by atoms with Gasteiger partial charge in [0.1, 0.15) is 0 Å². The maximum absolute atomic E-state index is 10.6. The molecule has 1 N–H and O–H groups in total. The van der Waals surface area contributed by atoms with Crippen molar-refractivity contribution < 1.29 is 5.11 Å². The zero-order valence-corrected chi connectivity index (χ0v) is 11.1. The molecule has 0 amide bonds. The molecule has 92 valence electrons. The summed E-state index contributed by atoms with van der Waals surface area (Å²) in [5, 5.41) is 10.6. The highest BCUT2D eigenvalue weighted by atomic mass is 16.3. The molecule has 0 aromatic heterocycles. The van der Waals surface area contributed by atoms with Gasteiger partial charge in [0.15, 0.2) is 0 Å². The van der Waals surface area contributed by atoms with Crippen LogP contribution in [0.2, 0.25) is 0 Å². The number of hydrogen-bond donors (Lipinski definition) is 1. The van der Waals surface area contributed by atoms with Crippen LogP contribution in [0.15, 0.2) is 23.8 Å². The van der Waals surface area contributed by atoms with E-state index in [9.17, 15) is 5.11 Å². The number of allylic oxidation sites excluding steroid dienone is 2. The van der Waals surface area contributed by atoms with Gasteiger partial charge in [-0.15, -0.1) is 6.58 Å². The molecule has 0 bridgehead atoms. The van der Waals surface area contributed by atoms with Crippen molar-refractivity contribution in [3.8, 4) is 0 Å². The molecule has 0 aliphatic heterocycles. The second-order valence-electron chi connectivity index (χ2n) is 5.61. The molecule has 0 fully saturated rings. The highest BCUT2D eigenvalue weighted by Gasteiger charge is 2.33. The van der Waals surface area contributed by atoms with E-state index in [1.165, 1.54) is 11.1 Å². The number of hydrogen-bond acceptors (Lipinski definition) is 1. The fraction of sp³-hybridized carbons (Fsp3) is 0.733. The van der Waals surface area contributed by atoms with Gasteiger partial charge in [-0.1, -0.05) is 24.1 Å². The summed E-state index contributed by atoms with van der Waals surface area (Å²) in [5.74, 6) is 0.399. The first-order valence-electron chi connectivity index (χ1n) is 6.46. The van der Waals surface area contributed by atoms with Gasteiger partial charge in [-0.2, -0.15) is 0 Å². The highest BCUT2D eigenvalue weighted by Crippen LogP contribution is 2.35. The average Bonchev–Trinajstić information content (AvgIpc) is 2.22. The Kier molecular flexibility index (Phi) is 4.79. The smallest absolute Gasteiger partial charge is 0.0710 e. The lowest BCUT2D eigenvalue weighted by atomic mass is 9.75. The Morgan fingerprint density at radius 3 is 2.81 bits per heavy atom. The number of rotatable bonds is 5. The quantitative estimate of drug-likeness (QED) is 0.690. The zero-order chi connectivity index (χ0) is 12.2. The van der Waals surface area contributed by atoms with Crippen LogP contribution >= 0.6 is 0 Å². The van der Waals surface area contributed by atoms with Crippen molar-refractivity contribution in [2.75, 3.05) is 0 Å². The molecule has 1 rings (SSSR count). The lowest BCUT2D eigenvalue weighted by Crippen LogP contribution is -2.37. The van der Waals surface area contributed by atoms with E-state index in [-0.39, 0.29) is 0 Å². The molecule has 0 unspecified atom stereocenters. The second-order valence-corrected chi connectivity index (χ2v) is 5.61. The Hall–Kier alpha value is -0.560. The van der Waals surface area contributed by atoms with Gasteiger partial charge in [0.25, 0.3) is 0 Å². The summed E-state index contributed by atoms with van der Waals surface area (Å²) in [5.41, 5.74) is 2.23. The monoisotopic (exact) mass is 222 g/mol. The summed E-state index contributed by atoms with van der Waals surface area (Å²) in [7, 11) is 0. The van der Waals surface area contributed by atoms with Crippen LogP contribution in [0.4, 0.5) is 0 Å². The van der Waals surface area contributed by atoms with Crippen LogP contribution in [0.5, 0.6) is 0 Å². The molecule has 16 heavy (non-hydrogen) atoms. The molecular formula is C15H26O. The fourth-order valence-electron chi connectivity index (χ4n) is 2.40. The Morgan fingerprint density at radius 2 is 2.31 bits per heavy atom. The largest absolute Gasteiger partial charge is 0.389 e. The minimum Gasteiger partial charge on any atom is -0.389 e. The lowest BCUT2D eigenvalue weighted by Gasteiger charge is -2.36. The van der Waals surface area contributed by atoms with Gasteiger partial charge in [0.05, 0.1) is 5.60 Å². The minimum absolute atomic E-state index is 0.399. The van der Waals surface area contributed by atoms with E-state index in [1.807, 2.05) is 0 Å². The SMILES string of the molecule is C=C(C)CCC[C@@H](C)[C@@]1(O)CC=C(C)CC1. The summed E-state index contributed by atoms with van der Waals surface area (Å²) in [4.78, 5) is 0. The normalized spacial score (nSPS) is 27.4. The highest BCUT2D eigenvalue weighted by molar-refractivity contribution is 5.08. The van der Waals surface area contributed by atoms with E-state index in [1.54, 1.807) is 0 Å². The third-order valence-corrected chi connectivity index (χ3v) is 3.91. The Bertz CT molecular complexity index is 277. The molecule has 0 spiro atoms. The van der Waals surface area contributed by atoms with Crippen LogP contribution in [-0.4, -0.2) is 10.7 Å². The van der Waals surface area contributed by atoms with Crippen LogP contribution in [0.1, 0.15) is 59.3 Å². The summed E-state index contributed by atoms with van der Waals surface area (Å²) in [6.07, 6.45) is 8.39. The van der Waals surface area contributed by atoms with E-state index in [0.717, 1.165) is 38.5 Å². The first kappa shape index (κ1) is 13.5. The third-order valence-electron chi connectivity index (χ3n) is 3.91. The molecule has 1 aliphatic rings. The van der Waals surface area contributed by atoms with Crippen molar-refractivity contribution in [2.24, 2.45) is 5.92 Å². The molecule has 1 aliphatic carbocycles. The summed E-state index contributed by atoms with van der Waals surface area (Å²) in [6.45, 7) is 10.3. The first-order valence-corrected chi connectivity index (χ1v) is 6.46. The van der Waals surface area contributed by atoms with Gasteiger partial charge in [-0.3, -0.25) is 0 Å². The van der Waals surface area contributed by atoms with Gasteiger partial charge in [0, 0.05) is 0 Å². The topological polar surface area (TPSA) is 20.2 Å². The third kappa shape index (κ3) is 3.79. The van der Waals surface area contributed by atoms with Gasteiger partial charge in [0.2, 0.25) is 0 Å². The standard InChI is InChI=1S/C15H26O/c1-12(2)6-5-7-14(4)15(16)10-8-13(3)9-11-15/h8,14,16H,1,5-7,9-11H2,2-4H3/t14-,15-/m1/s1. The van der Waals surface area contributed by atoms with Crippen molar-refractivity contribution in [2.45, 2.75) is 64.9 Å². The predicted octanol–water partition coefficient (Wildman–Crippen LogP) is 4.23. The summed E-state index contributed by atoms with van der Waals surface area (Å²) in [6, 6.07) is 0. The molecule has 1 heteroatoms. The molecule has 0 saturated heterocycles. The maximum atomic E-state index is 10.6. The Balaban J connectivity index is 2.41. The van der Waals surface area contributed by atoms with Crippen LogP contribution in [0.3, 0.4) is 0 Å². The van der Waals surface area contributed by atoms with Crippen LogP contribution in [0, 0.1) is 5.92 Å². The molecule has 0 radical (unpaired) electrons. The second kappa shape index (κ2) is 5.67. The van der Waals surface area contributed by atoms with Crippen molar-refractivity contribution in [1.82, 2.24) is 0 Å². The summed E-state index contributed by atoms with van der Waals surface area (Å²) < 4.78 is 0. The molecule has 0 aromatic carbocycles. The lowest BCUT2D eigenvalue weighted by molar-refractivity contribution is -0.0243. The van der Waals surface area contributed by atoms with Crippen molar-refractivity contribution in [3.05, 3.63) is 23.8 Å². The van der Waals surface area contributed by atoms with E-state index in [2.05, 4.69) is 33.4 Å². The molecular weight excluding hydrogens is 196 g/mol. The van der Waals surface area contributed by atoms with Gasteiger partial charge in [-0.05, 0) is 58.3 Å². The summed E-state index contributed by atoms with van der Waals surface area (Å²) >= 11 is 0. The van der Waals surface area contributed by atoms with Crippen LogP contribution in [0.25, 0.3) is 0 Å². The zero-order valence-electron chi connectivity index (χ0n) is 11.1. The first-order chi connectivity index (χ1) is 7.44. The van der Waals surface area contributed by atoms with E-state index in [0.29, 0.717) is 5.92 Å². The van der Waals surface area contributed by atoms with Crippen molar-refractivity contribution >= 4 is 0 Å². The van der Waals surface area contributed by atoms with E-state index in [4.69, 9.17) is 0 Å². The molecule has 0 saturated carbocycles. The van der Waals surface area contributed by atoms with Crippen LogP contribution in [-0.2, 0) is 0 Å². The van der Waals surface area contributed by atoms with Crippen LogP contribution < -0.4 is 0 Å². The molecule has 0 heterocycles. The molecule has 2 atom stereocenters. The van der Waals surface area contributed by atoms with Gasteiger partial charge >= 0.3 is 0 Å². The molecule has 0 aromatic rings. The maximum Gasteiger partial charge on any atom is 0.0710 e.